The topological polar surface area (TPSA) is 108 Å². The average Bonchev–Trinajstić information content (AvgIpc) is 3.15. The summed E-state index contributed by atoms with van der Waals surface area (Å²) in [7, 11) is 0. The van der Waals surface area contributed by atoms with Crippen molar-refractivity contribution in [2.75, 3.05) is 19.6 Å². The van der Waals surface area contributed by atoms with E-state index in [1.807, 2.05) is 0 Å². The van der Waals surface area contributed by atoms with E-state index < -0.39 is 23.9 Å². The number of hydrogen-bond donors (Lipinski definition) is 3. The molecule has 4 N–H and O–H groups in total. The molecule has 1 aliphatic heterocycles. The van der Waals surface area contributed by atoms with E-state index in [-0.39, 0.29) is 36.6 Å². The van der Waals surface area contributed by atoms with Crippen LogP contribution in [-0.4, -0.2) is 65.5 Å². The quantitative estimate of drug-likeness (QED) is 0.695. The van der Waals surface area contributed by atoms with Crippen molar-refractivity contribution in [1.82, 2.24) is 20.4 Å². The smallest absolute Gasteiger partial charge is 0.319 e. The third-order valence-electron chi connectivity index (χ3n) is 5.47. The van der Waals surface area contributed by atoms with Gasteiger partial charge in [0.25, 0.3) is 11.8 Å². The molecule has 1 saturated carbocycles. The van der Waals surface area contributed by atoms with Gasteiger partial charge in [0.2, 0.25) is 0 Å². The van der Waals surface area contributed by atoms with Crippen LogP contribution in [0.15, 0.2) is 24.3 Å². The molecule has 0 radical (unpaired) electrons. The van der Waals surface area contributed by atoms with Gasteiger partial charge in [0, 0.05) is 37.3 Å². The summed E-state index contributed by atoms with van der Waals surface area (Å²) in [4.78, 5) is 41.3. The Balaban J connectivity index is 1.78. The average molecular weight is 405 g/mol. The van der Waals surface area contributed by atoms with Crippen molar-refractivity contribution in [3.05, 3.63) is 35.6 Å². The van der Waals surface area contributed by atoms with E-state index in [0.717, 1.165) is 25.7 Å². The Morgan fingerprint density at radius 2 is 1.69 bits per heavy atom. The molecule has 2 aliphatic rings. The minimum atomic E-state index is -1.05. The zero-order chi connectivity index (χ0) is 21.0. The number of benzene rings is 1. The van der Waals surface area contributed by atoms with Crippen LogP contribution in [0.3, 0.4) is 0 Å². The van der Waals surface area contributed by atoms with Crippen molar-refractivity contribution in [3.63, 3.8) is 0 Å². The third kappa shape index (κ3) is 4.84. The van der Waals surface area contributed by atoms with Crippen molar-refractivity contribution in [2.24, 2.45) is 5.73 Å². The largest absolute Gasteiger partial charge is 0.350 e. The molecule has 29 heavy (non-hydrogen) atoms. The lowest BCUT2D eigenvalue weighted by Gasteiger charge is -2.32. The molecule has 1 saturated heterocycles. The first kappa shape index (κ1) is 21.0. The van der Waals surface area contributed by atoms with Gasteiger partial charge in [0.05, 0.1) is 0 Å². The zero-order valence-electron chi connectivity index (χ0n) is 16.6. The molecule has 1 aliphatic carbocycles. The fourth-order valence-corrected chi connectivity index (χ4v) is 3.89. The monoisotopic (exact) mass is 405 g/mol. The number of rotatable bonds is 4. The Bertz CT molecular complexity index is 749. The first-order valence-corrected chi connectivity index (χ1v) is 10.1. The maximum Gasteiger partial charge on any atom is 0.319 e. The van der Waals surface area contributed by atoms with E-state index >= 15 is 0 Å². The van der Waals surface area contributed by atoms with Gasteiger partial charge in [-0.05, 0) is 56.9 Å². The molecule has 2 fully saturated rings. The van der Waals surface area contributed by atoms with Gasteiger partial charge < -0.3 is 21.3 Å². The van der Waals surface area contributed by atoms with E-state index in [2.05, 4.69) is 10.6 Å². The lowest BCUT2D eigenvalue weighted by Crippen LogP contribution is -2.57. The lowest BCUT2D eigenvalue weighted by atomic mass is 9.92. The number of halogens is 1. The van der Waals surface area contributed by atoms with Crippen molar-refractivity contribution in [2.45, 2.75) is 50.9 Å². The Morgan fingerprint density at radius 3 is 2.31 bits per heavy atom. The Kier molecular flexibility index (Phi) is 6.68. The lowest BCUT2D eigenvalue weighted by molar-refractivity contribution is -0.129. The molecule has 9 heteroatoms. The van der Waals surface area contributed by atoms with E-state index in [4.69, 9.17) is 5.73 Å². The predicted octanol–water partition coefficient (Wildman–Crippen LogP) is 1.03. The van der Waals surface area contributed by atoms with Gasteiger partial charge in [-0.25, -0.2) is 9.18 Å². The number of nitrogens with two attached hydrogens (primary N) is 1. The van der Waals surface area contributed by atoms with Crippen LogP contribution in [0.5, 0.6) is 0 Å². The van der Waals surface area contributed by atoms with Crippen LogP contribution in [0.1, 0.15) is 43.0 Å². The van der Waals surface area contributed by atoms with Gasteiger partial charge in [-0.2, -0.15) is 0 Å². The van der Waals surface area contributed by atoms with Crippen LogP contribution in [-0.2, 0) is 4.79 Å². The summed E-state index contributed by atoms with van der Waals surface area (Å²) >= 11 is 0. The SMILES string of the molecule is CCNC(=O)N1CCN(C(=O)c2ccc(F)cc2)C1C(=O)NC1CCC(N)CC1. The summed E-state index contributed by atoms with van der Waals surface area (Å²) in [6.45, 7) is 2.67. The second-order valence-electron chi connectivity index (χ2n) is 7.53. The first-order valence-electron chi connectivity index (χ1n) is 10.1. The molecule has 0 spiro atoms. The molecule has 1 aromatic rings. The second-order valence-corrected chi connectivity index (χ2v) is 7.53. The highest BCUT2D eigenvalue weighted by atomic mass is 19.1. The van der Waals surface area contributed by atoms with Crippen molar-refractivity contribution >= 4 is 17.8 Å². The summed E-state index contributed by atoms with van der Waals surface area (Å²) in [5, 5.41) is 5.68. The van der Waals surface area contributed by atoms with Gasteiger partial charge in [0.15, 0.2) is 6.17 Å². The third-order valence-corrected chi connectivity index (χ3v) is 5.47. The van der Waals surface area contributed by atoms with Crippen molar-refractivity contribution in [1.29, 1.82) is 0 Å². The predicted molar refractivity (Wildman–Crippen MR) is 105 cm³/mol. The number of nitrogens with one attached hydrogen (secondary N) is 2. The number of carbonyl (C=O) groups is 3. The van der Waals surface area contributed by atoms with Gasteiger partial charge in [-0.3, -0.25) is 14.5 Å². The van der Waals surface area contributed by atoms with Gasteiger partial charge >= 0.3 is 6.03 Å². The van der Waals surface area contributed by atoms with Gasteiger partial charge in [0.1, 0.15) is 5.82 Å². The van der Waals surface area contributed by atoms with Crippen LogP contribution in [0, 0.1) is 5.82 Å². The van der Waals surface area contributed by atoms with E-state index in [1.165, 1.54) is 34.1 Å². The molecule has 0 bridgehead atoms. The number of amides is 4. The van der Waals surface area contributed by atoms with Crippen molar-refractivity contribution < 1.29 is 18.8 Å². The highest BCUT2D eigenvalue weighted by Gasteiger charge is 2.43. The van der Waals surface area contributed by atoms with Crippen LogP contribution in [0.25, 0.3) is 0 Å². The molecule has 1 aromatic carbocycles. The summed E-state index contributed by atoms with van der Waals surface area (Å²) in [5.74, 6) is -1.25. The number of carbonyl (C=O) groups excluding carboxylic acids is 3. The summed E-state index contributed by atoms with van der Waals surface area (Å²) in [6.07, 6.45) is 2.15. The molecule has 158 valence electrons. The standard InChI is InChI=1S/C20H28FN5O3/c1-2-23-20(29)26-12-11-25(19(28)13-3-5-14(21)6-4-13)18(26)17(27)24-16-9-7-15(22)8-10-16/h3-6,15-16,18H,2,7-12,22H2,1H3,(H,23,29)(H,24,27). The van der Waals surface area contributed by atoms with Gasteiger partial charge in [-0.1, -0.05) is 0 Å². The summed E-state index contributed by atoms with van der Waals surface area (Å²) in [5.41, 5.74) is 6.20. The number of nitrogens with zero attached hydrogens (tertiary/aromatic N) is 2. The minimum absolute atomic E-state index is 0.0261. The molecule has 1 atom stereocenters. The van der Waals surface area contributed by atoms with E-state index in [0.29, 0.717) is 6.54 Å². The first-order chi connectivity index (χ1) is 13.9. The fourth-order valence-electron chi connectivity index (χ4n) is 3.89. The normalized spacial score (nSPS) is 24.3. The van der Waals surface area contributed by atoms with Crippen LogP contribution in [0.4, 0.5) is 9.18 Å². The molecule has 4 amide bonds. The Hall–Kier alpha value is -2.68. The maximum absolute atomic E-state index is 13.2. The summed E-state index contributed by atoms with van der Waals surface area (Å²) < 4.78 is 13.2. The molecule has 3 rings (SSSR count). The van der Waals surface area contributed by atoms with Crippen LogP contribution < -0.4 is 16.4 Å². The van der Waals surface area contributed by atoms with Gasteiger partial charge in [-0.15, -0.1) is 0 Å². The minimum Gasteiger partial charge on any atom is -0.350 e. The zero-order valence-corrected chi connectivity index (χ0v) is 16.6. The van der Waals surface area contributed by atoms with E-state index in [9.17, 15) is 18.8 Å². The molecule has 1 heterocycles. The highest BCUT2D eigenvalue weighted by Crippen LogP contribution is 2.21. The fraction of sp³-hybridized carbons (Fsp3) is 0.550. The van der Waals surface area contributed by atoms with Crippen LogP contribution >= 0.6 is 0 Å². The number of hydrogen-bond acceptors (Lipinski definition) is 4. The molecule has 1 unspecified atom stereocenters. The number of urea groups is 1. The summed E-state index contributed by atoms with van der Waals surface area (Å²) in [6, 6.07) is 4.89. The van der Waals surface area contributed by atoms with Crippen LogP contribution in [0.2, 0.25) is 0 Å². The highest BCUT2D eigenvalue weighted by molar-refractivity contribution is 5.99. The van der Waals surface area contributed by atoms with E-state index in [1.54, 1.807) is 6.92 Å². The Labute approximate surface area is 169 Å². The molecule has 8 nitrogen and oxygen atoms in total. The molecular weight excluding hydrogens is 377 g/mol. The maximum atomic E-state index is 13.2. The van der Waals surface area contributed by atoms with Crippen molar-refractivity contribution in [3.8, 4) is 0 Å². The molecule has 0 aromatic heterocycles. The second kappa shape index (κ2) is 9.21. The Morgan fingerprint density at radius 1 is 1.07 bits per heavy atom. The molecular formula is C20H28FN5O3.